The molecule has 4 heteroatoms. The zero-order valence-corrected chi connectivity index (χ0v) is 12.2. The van der Waals surface area contributed by atoms with E-state index in [0.717, 1.165) is 22.0 Å². The van der Waals surface area contributed by atoms with Gasteiger partial charge in [-0.3, -0.25) is 9.48 Å². The quantitative estimate of drug-likeness (QED) is 0.789. The number of halogens is 1. The van der Waals surface area contributed by atoms with Crippen LogP contribution < -0.4 is 0 Å². The van der Waals surface area contributed by atoms with Gasteiger partial charge in [0, 0.05) is 16.2 Å². The molecule has 1 aromatic heterocycles. The van der Waals surface area contributed by atoms with Gasteiger partial charge in [0.25, 0.3) is 0 Å². The summed E-state index contributed by atoms with van der Waals surface area (Å²) in [5.74, 6) is 0. The van der Waals surface area contributed by atoms with Crippen LogP contribution in [0.1, 0.15) is 31.1 Å². The molecule has 0 atom stereocenters. The van der Waals surface area contributed by atoms with Crippen molar-refractivity contribution < 1.29 is 4.79 Å². The maximum absolute atomic E-state index is 11.1. The van der Waals surface area contributed by atoms with Crippen LogP contribution in [0.5, 0.6) is 0 Å². The van der Waals surface area contributed by atoms with Crippen molar-refractivity contribution in [2.24, 2.45) is 0 Å². The molecule has 18 heavy (non-hydrogen) atoms. The van der Waals surface area contributed by atoms with E-state index in [0.29, 0.717) is 5.56 Å². The van der Waals surface area contributed by atoms with Crippen LogP contribution in [0.3, 0.4) is 0 Å². The Kier molecular flexibility index (Phi) is 3.39. The van der Waals surface area contributed by atoms with Crippen LogP contribution in [0.4, 0.5) is 0 Å². The van der Waals surface area contributed by atoms with E-state index < -0.39 is 0 Å². The second kappa shape index (κ2) is 4.69. The summed E-state index contributed by atoms with van der Waals surface area (Å²) in [7, 11) is 0. The van der Waals surface area contributed by atoms with Gasteiger partial charge in [-0.1, -0.05) is 28.1 Å². The summed E-state index contributed by atoms with van der Waals surface area (Å²) in [5.41, 5.74) is 2.16. The summed E-state index contributed by atoms with van der Waals surface area (Å²) in [6, 6.07) is 7.79. The van der Waals surface area contributed by atoms with E-state index in [4.69, 9.17) is 0 Å². The first-order valence-corrected chi connectivity index (χ1v) is 6.52. The Balaban J connectivity index is 2.53. The number of aldehydes is 1. The SMILES string of the molecule is CC(C)(C)n1cc(C=O)c(-c2ccc(Br)cc2)n1. The van der Waals surface area contributed by atoms with E-state index in [1.807, 2.05) is 28.9 Å². The Morgan fingerprint density at radius 2 is 1.83 bits per heavy atom. The minimum absolute atomic E-state index is 0.134. The fourth-order valence-electron chi connectivity index (χ4n) is 1.65. The van der Waals surface area contributed by atoms with Crippen molar-refractivity contribution in [3.63, 3.8) is 0 Å². The molecule has 94 valence electrons. The lowest BCUT2D eigenvalue weighted by Crippen LogP contribution is -2.22. The van der Waals surface area contributed by atoms with Crippen molar-refractivity contribution in [3.8, 4) is 11.3 Å². The number of carbonyl (C=O) groups excluding carboxylic acids is 1. The molecule has 2 rings (SSSR count). The van der Waals surface area contributed by atoms with Crippen LogP contribution in [0.25, 0.3) is 11.3 Å². The average molecular weight is 307 g/mol. The molecular formula is C14H15BrN2O. The van der Waals surface area contributed by atoms with E-state index in [-0.39, 0.29) is 5.54 Å². The fraction of sp³-hybridized carbons (Fsp3) is 0.286. The highest BCUT2D eigenvalue weighted by Gasteiger charge is 2.18. The summed E-state index contributed by atoms with van der Waals surface area (Å²) >= 11 is 3.40. The highest BCUT2D eigenvalue weighted by atomic mass is 79.9. The van der Waals surface area contributed by atoms with E-state index in [2.05, 4.69) is 41.8 Å². The first-order chi connectivity index (χ1) is 8.41. The van der Waals surface area contributed by atoms with Crippen molar-refractivity contribution in [1.29, 1.82) is 0 Å². The highest BCUT2D eigenvalue weighted by Crippen LogP contribution is 2.25. The third-order valence-electron chi connectivity index (χ3n) is 2.67. The molecule has 0 saturated carbocycles. The number of aromatic nitrogens is 2. The van der Waals surface area contributed by atoms with Crippen LogP contribution in [0.2, 0.25) is 0 Å². The number of carbonyl (C=O) groups is 1. The number of hydrogen-bond donors (Lipinski definition) is 0. The summed E-state index contributed by atoms with van der Waals surface area (Å²) in [6.45, 7) is 6.17. The van der Waals surface area contributed by atoms with Gasteiger partial charge >= 0.3 is 0 Å². The molecular weight excluding hydrogens is 292 g/mol. The first kappa shape index (κ1) is 13.0. The third kappa shape index (κ3) is 2.53. The van der Waals surface area contributed by atoms with Gasteiger partial charge in [0.15, 0.2) is 6.29 Å². The van der Waals surface area contributed by atoms with E-state index in [1.165, 1.54) is 0 Å². The number of hydrogen-bond acceptors (Lipinski definition) is 2. The van der Waals surface area contributed by atoms with Gasteiger partial charge in [-0.15, -0.1) is 0 Å². The fourth-order valence-corrected chi connectivity index (χ4v) is 1.91. The van der Waals surface area contributed by atoms with E-state index >= 15 is 0 Å². The van der Waals surface area contributed by atoms with Crippen LogP contribution >= 0.6 is 15.9 Å². The van der Waals surface area contributed by atoms with Gasteiger partial charge in [0.05, 0.1) is 11.1 Å². The topological polar surface area (TPSA) is 34.9 Å². The monoisotopic (exact) mass is 306 g/mol. The van der Waals surface area contributed by atoms with Crippen molar-refractivity contribution >= 4 is 22.2 Å². The molecule has 3 nitrogen and oxygen atoms in total. The minimum Gasteiger partial charge on any atom is -0.298 e. The van der Waals surface area contributed by atoms with Crippen LogP contribution in [-0.2, 0) is 5.54 Å². The number of nitrogens with zero attached hydrogens (tertiary/aromatic N) is 2. The smallest absolute Gasteiger partial charge is 0.153 e. The molecule has 2 aromatic rings. The standard InChI is InChI=1S/C14H15BrN2O/c1-14(2,3)17-8-11(9-18)13(16-17)10-4-6-12(15)7-5-10/h4-9H,1-3H3. The van der Waals surface area contributed by atoms with Crippen molar-refractivity contribution in [2.75, 3.05) is 0 Å². The Bertz CT molecular complexity index is 564. The number of benzene rings is 1. The zero-order chi connectivity index (χ0) is 13.3. The minimum atomic E-state index is -0.134. The molecule has 0 aliphatic heterocycles. The lowest BCUT2D eigenvalue weighted by atomic mass is 10.1. The van der Waals surface area contributed by atoms with Crippen LogP contribution in [0.15, 0.2) is 34.9 Å². The van der Waals surface area contributed by atoms with Gasteiger partial charge in [0.1, 0.15) is 5.69 Å². The maximum atomic E-state index is 11.1. The average Bonchev–Trinajstić information content (AvgIpc) is 2.73. The highest BCUT2D eigenvalue weighted by molar-refractivity contribution is 9.10. The molecule has 1 aromatic carbocycles. The van der Waals surface area contributed by atoms with Crippen LogP contribution in [0, 0.1) is 0 Å². The first-order valence-electron chi connectivity index (χ1n) is 5.73. The molecule has 0 aliphatic rings. The Morgan fingerprint density at radius 1 is 1.22 bits per heavy atom. The number of rotatable bonds is 2. The molecule has 0 radical (unpaired) electrons. The van der Waals surface area contributed by atoms with Gasteiger partial charge < -0.3 is 0 Å². The summed E-state index contributed by atoms with van der Waals surface area (Å²) < 4.78 is 2.84. The van der Waals surface area contributed by atoms with Crippen LogP contribution in [-0.4, -0.2) is 16.1 Å². The Morgan fingerprint density at radius 3 is 2.33 bits per heavy atom. The molecule has 1 heterocycles. The molecule has 0 spiro atoms. The van der Waals surface area contributed by atoms with E-state index in [9.17, 15) is 4.79 Å². The second-order valence-corrected chi connectivity index (χ2v) is 6.09. The Labute approximate surface area is 115 Å². The predicted octanol–water partition coefficient (Wildman–Crippen LogP) is 3.88. The molecule has 0 bridgehead atoms. The predicted molar refractivity (Wildman–Crippen MR) is 75.7 cm³/mol. The zero-order valence-electron chi connectivity index (χ0n) is 10.6. The summed E-state index contributed by atoms with van der Waals surface area (Å²) in [6.07, 6.45) is 2.65. The molecule has 0 N–H and O–H groups in total. The molecule has 0 fully saturated rings. The summed E-state index contributed by atoms with van der Waals surface area (Å²) in [5, 5.41) is 4.52. The van der Waals surface area contributed by atoms with Gasteiger partial charge in [0.2, 0.25) is 0 Å². The van der Waals surface area contributed by atoms with Gasteiger partial charge in [-0.2, -0.15) is 5.10 Å². The molecule has 0 saturated heterocycles. The van der Waals surface area contributed by atoms with Crippen molar-refractivity contribution in [3.05, 3.63) is 40.5 Å². The van der Waals surface area contributed by atoms with Crippen molar-refractivity contribution in [1.82, 2.24) is 9.78 Å². The van der Waals surface area contributed by atoms with Crippen molar-refractivity contribution in [2.45, 2.75) is 26.3 Å². The second-order valence-electron chi connectivity index (χ2n) is 5.17. The maximum Gasteiger partial charge on any atom is 0.153 e. The Hall–Kier alpha value is -1.42. The van der Waals surface area contributed by atoms with E-state index in [1.54, 1.807) is 6.20 Å². The normalized spacial score (nSPS) is 11.6. The lowest BCUT2D eigenvalue weighted by molar-refractivity contribution is 0.112. The van der Waals surface area contributed by atoms with Gasteiger partial charge in [-0.25, -0.2) is 0 Å². The lowest BCUT2D eigenvalue weighted by Gasteiger charge is -2.18. The third-order valence-corrected chi connectivity index (χ3v) is 3.20. The largest absolute Gasteiger partial charge is 0.298 e. The summed E-state index contributed by atoms with van der Waals surface area (Å²) in [4.78, 5) is 11.1. The molecule has 0 aliphatic carbocycles. The molecule has 0 amide bonds. The molecule has 0 unspecified atom stereocenters. The van der Waals surface area contributed by atoms with Gasteiger partial charge in [-0.05, 0) is 32.9 Å².